The third kappa shape index (κ3) is 11.7. The number of benzene rings is 2. The topological polar surface area (TPSA) is 194 Å². The Bertz CT molecular complexity index is 1160. The molecule has 2 aromatic carbocycles. The number of carbonyl (C=O) groups is 3. The summed E-state index contributed by atoms with van der Waals surface area (Å²) < 4.78 is 34.2. The van der Waals surface area contributed by atoms with Crippen LogP contribution in [0.15, 0.2) is 47.4 Å². The van der Waals surface area contributed by atoms with E-state index in [0.717, 1.165) is 11.1 Å². The minimum absolute atomic E-state index is 0.0462. The number of carbonyl (C=O) groups excluding carboxylic acids is 1. The number of rotatable bonds is 12. The summed E-state index contributed by atoms with van der Waals surface area (Å²) >= 11 is 0. The molecule has 1 atom stereocenters. The minimum atomic E-state index is -3.77. The molecular weight excluding hydrogens is 506 g/mol. The van der Waals surface area contributed by atoms with Gasteiger partial charge in [0.25, 0.3) is 0 Å². The molecular formula is C24H33N3O9S. The molecule has 12 nitrogen and oxygen atoms in total. The fourth-order valence-electron chi connectivity index (χ4n) is 2.98. The summed E-state index contributed by atoms with van der Waals surface area (Å²) in [5.41, 5.74) is 1.77. The monoisotopic (exact) mass is 539 g/mol. The summed E-state index contributed by atoms with van der Waals surface area (Å²) in [5.74, 6) is -2.39. The Balaban J connectivity index is 0.00000102. The number of primary sulfonamides is 1. The van der Waals surface area contributed by atoms with E-state index in [9.17, 15) is 13.2 Å². The zero-order chi connectivity index (χ0) is 28.0. The SMILES string of the molecule is CCOc1ccc(CCNC(=O)CNC(C)c2cccc(S(N)(=O)=O)c2)cc1OCC.O=C(O)C(=O)O. The van der Waals surface area contributed by atoms with E-state index in [1.54, 1.807) is 12.1 Å². The van der Waals surface area contributed by atoms with Crippen LogP contribution in [0.5, 0.6) is 11.5 Å². The first kappa shape index (κ1) is 31.4. The second-order valence-corrected chi connectivity index (χ2v) is 9.14. The Morgan fingerprint density at radius 2 is 1.59 bits per heavy atom. The number of hydrogen-bond donors (Lipinski definition) is 5. The lowest BCUT2D eigenvalue weighted by molar-refractivity contribution is -0.159. The normalized spacial score (nSPS) is 11.5. The van der Waals surface area contributed by atoms with E-state index in [1.807, 2.05) is 39.0 Å². The summed E-state index contributed by atoms with van der Waals surface area (Å²) in [5, 5.41) is 25.9. The highest BCUT2D eigenvalue weighted by Gasteiger charge is 2.13. The van der Waals surface area contributed by atoms with Gasteiger partial charge in [-0.3, -0.25) is 4.79 Å². The van der Waals surface area contributed by atoms with Crippen LogP contribution in [0.4, 0.5) is 0 Å². The van der Waals surface area contributed by atoms with Crippen LogP contribution in [0.2, 0.25) is 0 Å². The number of hydrogen-bond acceptors (Lipinski definition) is 8. The second kappa shape index (κ2) is 15.4. The van der Waals surface area contributed by atoms with E-state index in [0.29, 0.717) is 37.7 Å². The molecule has 0 spiro atoms. The maximum atomic E-state index is 12.2. The number of nitrogens with two attached hydrogens (primary N) is 1. The van der Waals surface area contributed by atoms with Crippen LogP contribution < -0.4 is 25.2 Å². The number of amides is 1. The fraction of sp³-hybridized carbons (Fsp3) is 0.375. The average Bonchev–Trinajstić information content (AvgIpc) is 2.84. The largest absolute Gasteiger partial charge is 0.490 e. The molecule has 0 aliphatic carbocycles. The number of carboxylic acids is 2. The highest BCUT2D eigenvalue weighted by molar-refractivity contribution is 7.89. The maximum Gasteiger partial charge on any atom is 0.414 e. The van der Waals surface area contributed by atoms with Crippen molar-refractivity contribution >= 4 is 27.9 Å². The molecule has 0 fully saturated rings. The van der Waals surface area contributed by atoms with Crippen LogP contribution in [0.1, 0.15) is 37.9 Å². The van der Waals surface area contributed by atoms with Crippen molar-refractivity contribution in [2.45, 2.75) is 38.1 Å². The van der Waals surface area contributed by atoms with Gasteiger partial charge < -0.3 is 30.3 Å². The highest BCUT2D eigenvalue weighted by atomic mass is 32.2. The van der Waals surface area contributed by atoms with Crippen molar-refractivity contribution in [2.75, 3.05) is 26.3 Å². The predicted octanol–water partition coefficient (Wildman–Crippen LogP) is 1.30. The summed E-state index contributed by atoms with van der Waals surface area (Å²) in [6.07, 6.45) is 0.657. The van der Waals surface area contributed by atoms with Gasteiger partial charge in [0, 0.05) is 12.6 Å². The zero-order valence-corrected chi connectivity index (χ0v) is 21.7. The van der Waals surface area contributed by atoms with Crippen molar-refractivity contribution in [1.29, 1.82) is 0 Å². The standard InChI is InChI=1S/C22H31N3O5S.C2H2O4/c1-4-29-20-10-9-17(13-21(20)30-5-2)11-12-24-22(26)15-25-16(3)18-7-6-8-19(14-18)31(23,27)28;3-1(4)2(5)6/h6-10,13-14,16,25H,4-5,11-12,15H2,1-3H3,(H,24,26)(H2,23,27,28);(H,3,4)(H,5,6). The van der Waals surface area contributed by atoms with Gasteiger partial charge in [-0.15, -0.1) is 0 Å². The molecule has 0 radical (unpaired) electrons. The van der Waals surface area contributed by atoms with Crippen molar-refractivity contribution in [3.63, 3.8) is 0 Å². The molecule has 0 aromatic heterocycles. The molecule has 6 N–H and O–H groups in total. The first-order valence-corrected chi connectivity index (χ1v) is 12.9. The fourth-order valence-corrected chi connectivity index (χ4v) is 3.55. The van der Waals surface area contributed by atoms with Gasteiger partial charge in [-0.05, 0) is 62.6 Å². The van der Waals surface area contributed by atoms with Crippen LogP contribution in [0.25, 0.3) is 0 Å². The van der Waals surface area contributed by atoms with Gasteiger partial charge in [-0.1, -0.05) is 18.2 Å². The van der Waals surface area contributed by atoms with Crippen LogP contribution in [0, 0.1) is 0 Å². The summed E-state index contributed by atoms with van der Waals surface area (Å²) in [4.78, 5) is 30.4. The summed E-state index contributed by atoms with van der Waals surface area (Å²) in [6.45, 7) is 7.39. The molecule has 204 valence electrons. The average molecular weight is 540 g/mol. The quantitative estimate of drug-likeness (QED) is 0.245. The molecule has 0 saturated heterocycles. The van der Waals surface area contributed by atoms with E-state index in [-0.39, 0.29) is 23.4 Å². The van der Waals surface area contributed by atoms with E-state index < -0.39 is 22.0 Å². The lowest BCUT2D eigenvalue weighted by Gasteiger charge is -2.15. The van der Waals surface area contributed by atoms with Crippen LogP contribution in [0.3, 0.4) is 0 Å². The van der Waals surface area contributed by atoms with Gasteiger partial charge in [0.1, 0.15) is 0 Å². The van der Waals surface area contributed by atoms with Gasteiger partial charge in [0.05, 0.1) is 24.7 Å². The number of carboxylic acid groups (broad SMARTS) is 2. The van der Waals surface area contributed by atoms with Gasteiger partial charge in [-0.25, -0.2) is 23.1 Å². The molecule has 0 heterocycles. The smallest absolute Gasteiger partial charge is 0.414 e. The molecule has 1 amide bonds. The Morgan fingerprint density at radius 3 is 2.16 bits per heavy atom. The molecule has 0 bridgehead atoms. The van der Waals surface area contributed by atoms with E-state index in [1.165, 1.54) is 12.1 Å². The van der Waals surface area contributed by atoms with E-state index >= 15 is 0 Å². The third-order valence-electron chi connectivity index (χ3n) is 4.78. The molecule has 0 saturated carbocycles. The number of ether oxygens (including phenoxy) is 2. The van der Waals surface area contributed by atoms with Crippen LogP contribution in [-0.4, -0.2) is 62.8 Å². The Hall–Kier alpha value is -3.68. The van der Waals surface area contributed by atoms with Gasteiger partial charge in [0.2, 0.25) is 15.9 Å². The van der Waals surface area contributed by atoms with E-state index in [2.05, 4.69) is 10.6 Å². The van der Waals surface area contributed by atoms with Gasteiger partial charge in [0.15, 0.2) is 11.5 Å². The summed E-state index contributed by atoms with van der Waals surface area (Å²) in [6, 6.07) is 11.9. The van der Waals surface area contributed by atoms with Crippen molar-refractivity contribution in [3.8, 4) is 11.5 Å². The van der Waals surface area contributed by atoms with Crippen molar-refractivity contribution in [3.05, 3.63) is 53.6 Å². The molecule has 2 rings (SSSR count). The van der Waals surface area contributed by atoms with Gasteiger partial charge >= 0.3 is 11.9 Å². The Kier molecular flexibility index (Phi) is 13.1. The van der Waals surface area contributed by atoms with Crippen molar-refractivity contribution < 1.29 is 42.5 Å². The van der Waals surface area contributed by atoms with Crippen LogP contribution >= 0.6 is 0 Å². The Morgan fingerprint density at radius 1 is 0.973 bits per heavy atom. The van der Waals surface area contributed by atoms with Crippen molar-refractivity contribution in [2.24, 2.45) is 5.14 Å². The molecule has 13 heteroatoms. The summed E-state index contributed by atoms with van der Waals surface area (Å²) in [7, 11) is -3.77. The van der Waals surface area contributed by atoms with E-state index in [4.69, 9.17) is 34.4 Å². The first-order valence-electron chi connectivity index (χ1n) is 11.4. The first-order chi connectivity index (χ1) is 17.4. The predicted molar refractivity (Wildman–Crippen MR) is 135 cm³/mol. The second-order valence-electron chi connectivity index (χ2n) is 7.58. The van der Waals surface area contributed by atoms with Gasteiger partial charge in [-0.2, -0.15) is 0 Å². The number of nitrogens with one attached hydrogen (secondary N) is 2. The molecule has 2 aromatic rings. The maximum absolute atomic E-state index is 12.2. The molecule has 37 heavy (non-hydrogen) atoms. The number of aliphatic carboxylic acids is 2. The lowest BCUT2D eigenvalue weighted by Crippen LogP contribution is -2.36. The zero-order valence-electron chi connectivity index (χ0n) is 20.9. The van der Waals surface area contributed by atoms with Crippen molar-refractivity contribution in [1.82, 2.24) is 10.6 Å². The third-order valence-corrected chi connectivity index (χ3v) is 5.69. The minimum Gasteiger partial charge on any atom is -0.490 e. The lowest BCUT2D eigenvalue weighted by atomic mass is 10.1. The molecule has 0 aliphatic heterocycles. The molecule has 0 aliphatic rings. The Labute approximate surface area is 215 Å². The van der Waals surface area contributed by atoms with Crippen LogP contribution in [-0.2, 0) is 30.8 Å². The molecule has 1 unspecified atom stereocenters. The number of sulfonamides is 1. The highest BCUT2D eigenvalue weighted by Crippen LogP contribution is 2.28.